The first-order valence-corrected chi connectivity index (χ1v) is 18.1. The molecule has 0 bridgehead atoms. The van der Waals surface area contributed by atoms with E-state index in [2.05, 4.69) is 17.5 Å². The number of hydrogen-bond acceptors (Lipinski definition) is 7. The highest BCUT2D eigenvalue weighted by atomic mass is 16.5. The predicted octanol–water partition coefficient (Wildman–Crippen LogP) is 5.15. The fourth-order valence-electron chi connectivity index (χ4n) is 7.61. The van der Waals surface area contributed by atoms with Crippen molar-refractivity contribution < 1.29 is 33.5 Å². The standard InChI is InChI=1S/C39H55N3O7/c1-26-17-13-10-8-6-7-9-11-14-20-28(23-31(44)35-29-24-39(2,3)49-32(29)25-42(35)37(26)47)36(46)30(43)21-22-33(45)40-34(38(48)41(4)5)27-18-15-12-16-19-27/h6-7,12,15-16,18-19,26,28-29,32,34-35H,8-11,13-14,17,20-25H2,1-5H3,(H,40,45)/b7-6+/t26-,28+,29-,32?,34-,35-/m0/s1. The van der Waals surface area contributed by atoms with Gasteiger partial charge in [-0.2, -0.15) is 0 Å². The van der Waals surface area contributed by atoms with E-state index in [4.69, 9.17) is 4.74 Å². The molecule has 0 spiro atoms. The number of amides is 3. The summed E-state index contributed by atoms with van der Waals surface area (Å²) in [5, 5.41) is 2.72. The van der Waals surface area contributed by atoms with Crippen LogP contribution in [0.15, 0.2) is 42.5 Å². The molecule has 3 aliphatic heterocycles. The van der Waals surface area contributed by atoms with Crippen molar-refractivity contribution in [3.8, 4) is 0 Å². The summed E-state index contributed by atoms with van der Waals surface area (Å²) in [7, 11) is 3.20. The zero-order chi connectivity index (χ0) is 35.7. The normalized spacial score (nSPS) is 27.7. The van der Waals surface area contributed by atoms with Gasteiger partial charge in [-0.25, -0.2) is 0 Å². The summed E-state index contributed by atoms with van der Waals surface area (Å²) < 4.78 is 6.29. The SMILES string of the molecule is C[C@H]1CCCC/C=C/CCCC[C@@H](C(=O)C(=O)CCC(=O)N[C@H](C(=O)N(C)C)c2ccccc2)CC(=O)[C@@H]2[C@H]3CC(C)(C)OC3CN2C1=O. The molecule has 1 aromatic rings. The third kappa shape index (κ3) is 10.2. The van der Waals surface area contributed by atoms with Crippen LogP contribution in [0, 0.1) is 17.8 Å². The lowest BCUT2D eigenvalue weighted by molar-refractivity contribution is -0.144. The third-order valence-corrected chi connectivity index (χ3v) is 10.2. The van der Waals surface area contributed by atoms with Gasteiger partial charge < -0.3 is 19.9 Å². The van der Waals surface area contributed by atoms with Gasteiger partial charge in [0.25, 0.3) is 0 Å². The molecule has 1 aromatic carbocycles. The molecule has 3 heterocycles. The van der Waals surface area contributed by atoms with Gasteiger partial charge >= 0.3 is 0 Å². The smallest absolute Gasteiger partial charge is 0.249 e. The Kier molecular flexibility index (Phi) is 13.5. The largest absolute Gasteiger partial charge is 0.370 e. The van der Waals surface area contributed by atoms with Crippen LogP contribution in [-0.4, -0.2) is 83.3 Å². The van der Waals surface area contributed by atoms with Gasteiger partial charge in [0.2, 0.25) is 23.5 Å². The molecule has 268 valence electrons. The molecule has 10 heteroatoms. The fraction of sp³-hybridized carbons (Fsp3) is 0.641. The zero-order valence-electron chi connectivity index (χ0n) is 30.0. The van der Waals surface area contributed by atoms with Crippen molar-refractivity contribution in [2.24, 2.45) is 17.8 Å². The molecule has 0 radical (unpaired) electrons. The van der Waals surface area contributed by atoms with Gasteiger partial charge in [-0.3, -0.25) is 28.8 Å². The average molecular weight is 678 g/mol. The topological polar surface area (TPSA) is 130 Å². The number of hydrogen-bond donors (Lipinski definition) is 1. The molecule has 6 atom stereocenters. The first-order valence-electron chi connectivity index (χ1n) is 18.1. The minimum atomic E-state index is -0.924. The molecule has 3 aliphatic rings. The molecule has 0 aromatic heterocycles. The van der Waals surface area contributed by atoms with Crippen molar-refractivity contribution in [2.45, 2.75) is 122 Å². The first kappa shape index (κ1) is 38.1. The van der Waals surface area contributed by atoms with Gasteiger partial charge in [-0.1, -0.05) is 62.2 Å². The number of benzene rings is 1. The Morgan fingerprint density at radius 3 is 2.27 bits per heavy atom. The van der Waals surface area contributed by atoms with E-state index in [1.807, 2.05) is 26.8 Å². The van der Waals surface area contributed by atoms with Crippen molar-refractivity contribution in [1.29, 1.82) is 0 Å². The zero-order valence-corrected chi connectivity index (χ0v) is 30.0. The number of Topliss-reactive ketones (excluding diaryl/α,β-unsaturated/α-hetero) is 3. The van der Waals surface area contributed by atoms with Crippen LogP contribution in [0.3, 0.4) is 0 Å². The van der Waals surface area contributed by atoms with Gasteiger partial charge in [0.05, 0.1) is 17.7 Å². The summed E-state index contributed by atoms with van der Waals surface area (Å²) in [4.78, 5) is 83.9. The van der Waals surface area contributed by atoms with E-state index in [1.54, 1.807) is 43.3 Å². The quantitative estimate of drug-likeness (QED) is 0.298. The lowest BCUT2D eigenvalue weighted by atomic mass is 9.82. The molecule has 0 saturated carbocycles. The van der Waals surface area contributed by atoms with E-state index in [0.717, 1.165) is 38.5 Å². The van der Waals surface area contributed by atoms with Gasteiger partial charge in [-0.05, 0) is 64.4 Å². The molecule has 2 saturated heterocycles. The molecular weight excluding hydrogens is 622 g/mol. The van der Waals surface area contributed by atoms with Crippen molar-refractivity contribution >= 4 is 35.1 Å². The predicted molar refractivity (Wildman–Crippen MR) is 186 cm³/mol. The van der Waals surface area contributed by atoms with Crippen molar-refractivity contribution in [3.63, 3.8) is 0 Å². The number of nitrogens with zero attached hydrogens (tertiary/aromatic N) is 2. The maximum atomic E-state index is 14.2. The molecular formula is C39H55N3O7. The highest BCUT2D eigenvalue weighted by molar-refractivity contribution is 6.38. The van der Waals surface area contributed by atoms with Crippen LogP contribution in [0.4, 0.5) is 0 Å². The van der Waals surface area contributed by atoms with Crippen molar-refractivity contribution in [1.82, 2.24) is 15.1 Å². The Labute approximate surface area is 291 Å². The second-order valence-electron chi connectivity index (χ2n) is 15.0. The number of ether oxygens (including phenoxy) is 1. The summed E-state index contributed by atoms with van der Waals surface area (Å²) in [6.45, 7) is 6.27. The summed E-state index contributed by atoms with van der Waals surface area (Å²) >= 11 is 0. The lowest BCUT2D eigenvalue weighted by Crippen LogP contribution is -2.47. The summed E-state index contributed by atoms with van der Waals surface area (Å²) in [5.74, 6) is -3.68. The number of carbonyl (C=O) groups excluding carboxylic acids is 6. The van der Waals surface area contributed by atoms with E-state index in [-0.39, 0.29) is 54.8 Å². The van der Waals surface area contributed by atoms with E-state index in [0.29, 0.717) is 31.4 Å². The van der Waals surface area contributed by atoms with Gasteiger partial charge in [0.15, 0.2) is 11.6 Å². The van der Waals surface area contributed by atoms with Gasteiger partial charge in [0.1, 0.15) is 6.04 Å². The van der Waals surface area contributed by atoms with Crippen LogP contribution in [0.2, 0.25) is 0 Å². The number of likely N-dealkylation sites (N-methyl/N-ethyl adjacent to an activating group) is 1. The van der Waals surface area contributed by atoms with Crippen LogP contribution in [0.1, 0.15) is 109 Å². The maximum Gasteiger partial charge on any atom is 0.249 e. The van der Waals surface area contributed by atoms with Gasteiger partial charge in [-0.15, -0.1) is 0 Å². The van der Waals surface area contributed by atoms with E-state index < -0.39 is 41.1 Å². The molecule has 4 rings (SSSR count). The summed E-state index contributed by atoms with van der Waals surface area (Å²) in [6.07, 6.45) is 10.3. The minimum absolute atomic E-state index is 0.0551. The Hall–Kier alpha value is -3.66. The van der Waals surface area contributed by atoms with Crippen LogP contribution in [0.5, 0.6) is 0 Å². The van der Waals surface area contributed by atoms with Crippen LogP contribution >= 0.6 is 0 Å². The molecule has 1 unspecified atom stereocenters. The van der Waals surface area contributed by atoms with Crippen LogP contribution < -0.4 is 5.32 Å². The third-order valence-electron chi connectivity index (χ3n) is 10.2. The molecule has 1 N–H and O–H groups in total. The maximum absolute atomic E-state index is 14.2. The lowest BCUT2D eigenvalue weighted by Gasteiger charge is -2.31. The first-order chi connectivity index (χ1) is 23.3. The Bertz CT molecular complexity index is 1390. The number of ketones is 3. The van der Waals surface area contributed by atoms with E-state index in [1.165, 1.54) is 4.90 Å². The monoisotopic (exact) mass is 677 g/mol. The average Bonchev–Trinajstić information content (AvgIpc) is 3.56. The Balaban J connectivity index is 1.48. The molecule has 0 aliphatic carbocycles. The highest BCUT2D eigenvalue weighted by Gasteiger charge is 2.55. The van der Waals surface area contributed by atoms with E-state index >= 15 is 0 Å². The number of carbonyl (C=O) groups is 6. The number of fused-ring (bicyclic) bond motifs is 3. The molecule has 49 heavy (non-hydrogen) atoms. The second-order valence-corrected chi connectivity index (χ2v) is 15.0. The van der Waals surface area contributed by atoms with Crippen molar-refractivity contribution in [3.05, 3.63) is 48.0 Å². The van der Waals surface area contributed by atoms with Gasteiger partial charge in [0, 0.05) is 57.7 Å². The van der Waals surface area contributed by atoms with E-state index in [9.17, 15) is 28.8 Å². The number of rotatable bonds is 8. The fourth-order valence-corrected chi connectivity index (χ4v) is 7.61. The van der Waals surface area contributed by atoms with Crippen LogP contribution in [-0.2, 0) is 33.5 Å². The minimum Gasteiger partial charge on any atom is -0.370 e. The highest BCUT2D eigenvalue weighted by Crippen LogP contribution is 2.44. The molecule has 3 amide bonds. The molecule has 2 fully saturated rings. The number of allylic oxidation sites excluding steroid dienone is 2. The second kappa shape index (κ2) is 17.3. The Morgan fingerprint density at radius 1 is 0.959 bits per heavy atom. The Morgan fingerprint density at radius 2 is 1.61 bits per heavy atom. The van der Waals surface area contributed by atoms with Crippen LogP contribution in [0.25, 0.3) is 0 Å². The number of nitrogens with one attached hydrogen (secondary N) is 1. The summed E-state index contributed by atoms with van der Waals surface area (Å²) in [6, 6.07) is 7.23. The van der Waals surface area contributed by atoms with Crippen molar-refractivity contribution in [2.75, 3.05) is 20.6 Å². The summed E-state index contributed by atoms with van der Waals surface area (Å²) in [5.41, 5.74) is 0.193. The molecule has 10 nitrogen and oxygen atoms in total.